The van der Waals surface area contributed by atoms with Crippen LogP contribution < -0.4 is 11.2 Å². The van der Waals surface area contributed by atoms with Crippen molar-refractivity contribution in [2.24, 2.45) is 11.7 Å². The topological polar surface area (TPSA) is 67.6 Å². The Morgan fingerprint density at radius 1 is 1.03 bits per heavy atom. The first-order valence-electron chi connectivity index (χ1n) is 10.4. The molecule has 0 atom stereocenters. The van der Waals surface area contributed by atoms with Gasteiger partial charge in [-0.2, -0.15) is 0 Å². The van der Waals surface area contributed by atoms with Crippen LogP contribution in [0.25, 0.3) is 5.70 Å². The van der Waals surface area contributed by atoms with E-state index >= 15 is 0 Å². The maximum atomic E-state index is 12.6. The van der Waals surface area contributed by atoms with Crippen molar-refractivity contribution in [1.82, 2.24) is 10.4 Å². The number of carbonyl (C=O) groups excluding carboxylic acids is 1. The minimum absolute atomic E-state index is 0.149. The Labute approximate surface area is 173 Å². The predicted octanol–water partition coefficient (Wildman–Crippen LogP) is 3.49. The molecule has 154 valence electrons. The van der Waals surface area contributed by atoms with Gasteiger partial charge in [0.25, 0.3) is 0 Å². The molecule has 0 radical (unpaired) electrons. The second kappa shape index (κ2) is 11.5. The van der Waals surface area contributed by atoms with Crippen molar-refractivity contribution in [2.75, 3.05) is 32.8 Å². The Morgan fingerprint density at radius 3 is 2.28 bits per heavy atom. The van der Waals surface area contributed by atoms with Crippen molar-refractivity contribution in [3.8, 4) is 0 Å². The fourth-order valence-corrected chi connectivity index (χ4v) is 3.67. The van der Waals surface area contributed by atoms with E-state index < -0.39 is 0 Å². The number of carbonyl (C=O) groups is 1. The summed E-state index contributed by atoms with van der Waals surface area (Å²) in [7, 11) is 0. The van der Waals surface area contributed by atoms with Crippen LogP contribution in [-0.2, 0) is 4.84 Å². The third-order valence-electron chi connectivity index (χ3n) is 5.30. The lowest BCUT2D eigenvalue weighted by Crippen LogP contribution is -2.36. The highest BCUT2D eigenvalue weighted by Gasteiger charge is 2.25. The normalized spacial score (nSPS) is 16.0. The van der Waals surface area contributed by atoms with Crippen LogP contribution in [0.5, 0.6) is 0 Å². The van der Waals surface area contributed by atoms with Crippen LogP contribution in [0.15, 0.2) is 66.7 Å². The lowest BCUT2D eigenvalue weighted by Gasteiger charge is -2.31. The average Bonchev–Trinajstić information content (AvgIpc) is 2.79. The first kappa shape index (κ1) is 21.2. The van der Waals surface area contributed by atoms with Crippen molar-refractivity contribution < 1.29 is 9.63 Å². The quantitative estimate of drug-likeness (QED) is 0.367. The number of nitrogens with one attached hydrogen (secondary N) is 1. The van der Waals surface area contributed by atoms with Gasteiger partial charge in [-0.15, -0.1) is 0 Å². The SMILES string of the molecule is NCCONC(=CCCN1CCC(C(=O)c2ccccc2)CC1)c1ccccc1. The summed E-state index contributed by atoms with van der Waals surface area (Å²) >= 11 is 0. The van der Waals surface area contributed by atoms with Crippen molar-refractivity contribution in [2.45, 2.75) is 19.3 Å². The van der Waals surface area contributed by atoms with Crippen LogP contribution in [0, 0.1) is 5.92 Å². The summed E-state index contributed by atoms with van der Waals surface area (Å²) in [5.74, 6) is 0.438. The number of likely N-dealkylation sites (tertiary alicyclic amines) is 1. The molecule has 0 unspecified atom stereocenters. The van der Waals surface area contributed by atoms with Gasteiger partial charge in [0.15, 0.2) is 5.78 Å². The maximum Gasteiger partial charge on any atom is 0.166 e. The van der Waals surface area contributed by atoms with Gasteiger partial charge in [-0.05, 0) is 37.9 Å². The smallest absolute Gasteiger partial charge is 0.166 e. The number of rotatable bonds is 10. The average molecular weight is 394 g/mol. The fourth-order valence-electron chi connectivity index (χ4n) is 3.67. The molecule has 0 saturated carbocycles. The molecule has 0 bridgehead atoms. The number of piperidine rings is 1. The lowest BCUT2D eigenvalue weighted by atomic mass is 9.89. The predicted molar refractivity (Wildman–Crippen MR) is 117 cm³/mol. The van der Waals surface area contributed by atoms with E-state index in [9.17, 15) is 4.79 Å². The van der Waals surface area contributed by atoms with Gasteiger partial charge in [0.1, 0.15) is 0 Å². The molecule has 5 heteroatoms. The van der Waals surface area contributed by atoms with Crippen LogP contribution >= 0.6 is 0 Å². The highest BCUT2D eigenvalue weighted by Crippen LogP contribution is 2.22. The molecule has 1 heterocycles. The van der Waals surface area contributed by atoms with E-state index in [1.807, 2.05) is 48.5 Å². The van der Waals surface area contributed by atoms with Gasteiger partial charge in [-0.3, -0.25) is 15.1 Å². The summed E-state index contributed by atoms with van der Waals surface area (Å²) in [6.07, 6.45) is 4.95. The molecule has 1 saturated heterocycles. The molecule has 3 rings (SSSR count). The number of nitrogens with two attached hydrogens (primary N) is 1. The molecule has 5 nitrogen and oxygen atoms in total. The lowest BCUT2D eigenvalue weighted by molar-refractivity contribution is 0.0835. The Morgan fingerprint density at radius 2 is 1.66 bits per heavy atom. The number of hydrogen-bond donors (Lipinski definition) is 2. The molecule has 2 aromatic rings. The molecule has 0 amide bonds. The molecular weight excluding hydrogens is 362 g/mol. The summed E-state index contributed by atoms with van der Waals surface area (Å²) in [5.41, 5.74) is 11.4. The number of ketones is 1. The third kappa shape index (κ3) is 6.53. The van der Waals surface area contributed by atoms with Crippen molar-refractivity contribution in [1.29, 1.82) is 0 Å². The molecule has 3 N–H and O–H groups in total. The molecule has 0 aliphatic carbocycles. The molecule has 29 heavy (non-hydrogen) atoms. The van der Waals surface area contributed by atoms with E-state index in [4.69, 9.17) is 10.6 Å². The van der Waals surface area contributed by atoms with Gasteiger partial charge in [-0.1, -0.05) is 66.7 Å². The second-order valence-corrected chi connectivity index (χ2v) is 7.36. The molecule has 0 spiro atoms. The Hall–Kier alpha value is -2.47. The summed E-state index contributed by atoms with van der Waals surface area (Å²) in [5, 5.41) is 0. The van der Waals surface area contributed by atoms with Gasteiger partial charge in [0, 0.05) is 24.6 Å². The maximum absolute atomic E-state index is 12.6. The molecule has 1 fully saturated rings. The van der Waals surface area contributed by atoms with Gasteiger partial charge in [-0.25, -0.2) is 0 Å². The fraction of sp³-hybridized carbons (Fsp3) is 0.375. The Balaban J connectivity index is 1.48. The first-order valence-corrected chi connectivity index (χ1v) is 10.4. The van der Waals surface area contributed by atoms with Crippen LogP contribution in [0.3, 0.4) is 0 Å². The molecule has 1 aliphatic heterocycles. The minimum Gasteiger partial charge on any atom is -0.328 e. The van der Waals surface area contributed by atoms with Gasteiger partial charge in [0.2, 0.25) is 0 Å². The molecular formula is C24H31N3O2. The van der Waals surface area contributed by atoms with Crippen molar-refractivity contribution in [3.63, 3.8) is 0 Å². The van der Waals surface area contributed by atoms with Crippen molar-refractivity contribution in [3.05, 3.63) is 77.9 Å². The van der Waals surface area contributed by atoms with Gasteiger partial charge >= 0.3 is 0 Å². The monoisotopic (exact) mass is 393 g/mol. The van der Waals surface area contributed by atoms with E-state index in [1.165, 1.54) is 0 Å². The zero-order valence-corrected chi connectivity index (χ0v) is 16.9. The van der Waals surface area contributed by atoms with Gasteiger partial charge < -0.3 is 10.6 Å². The van der Waals surface area contributed by atoms with Crippen LogP contribution in [-0.4, -0.2) is 43.5 Å². The third-order valence-corrected chi connectivity index (χ3v) is 5.30. The van der Waals surface area contributed by atoms with Crippen molar-refractivity contribution >= 4 is 11.5 Å². The highest BCUT2D eigenvalue weighted by molar-refractivity contribution is 5.97. The van der Waals surface area contributed by atoms with Crippen LogP contribution in [0.2, 0.25) is 0 Å². The number of hydrogen-bond acceptors (Lipinski definition) is 5. The number of nitrogens with zero attached hydrogens (tertiary/aromatic N) is 1. The first-order chi connectivity index (χ1) is 14.3. The highest BCUT2D eigenvalue weighted by atomic mass is 16.6. The second-order valence-electron chi connectivity index (χ2n) is 7.36. The Kier molecular flexibility index (Phi) is 8.43. The number of benzene rings is 2. The summed E-state index contributed by atoms with van der Waals surface area (Å²) in [6.45, 7) is 3.85. The standard InChI is InChI=1S/C24H31N3O2/c25-15-19-29-26-23(20-8-3-1-4-9-20)12-7-16-27-17-13-22(14-18-27)24(28)21-10-5-2-6-11-21/h1-6,8-12,22,26H,7,13-19,25H2. The summed E-state index contributed by atoms with van der Waals surface area (Å²) < 4.78 is 0. The van der Waals surface area contributed by atoms with E-state index in [0.29, 0.717) is 13.2 Å². The zero-order valence-electron chi connectivity index (χ0n) is 16.9. The number of hydroxylamine groups is 1. The zero-order chi connectivity index (χ0) is 20.3. The number of Topliss-reactive ketones (excluding diaryl/α,β-unsaturated/α-hetero) is 1. The largest absolute Gasteiger partial charge is 0.328 e. The minimum atomic E-state index is 0.149. The van der Waals surface area contributed by atoms with E-state index in [2.05, 4.69) is 28.6 Å². The van der Waals surface area contributed by atoms with Crippen LogP contribution in [0.4, 0.5) is 0 Å². The molecule has 1 aliphatic rings. The molecule has 2 aromatic carbocycles. The van der Waals surface area contributed by atoms with Crippen LogP contribution in [0.1, 0.15) is 35.2 Å². The summed E-state index contributed by atoms with van der Waals surface area (Å²) in [4.78, 5) is 20.5. The van der Waals surface area contributed by atoms with E-state index in [0.717, 1.165) is 55.7 Å². The van der Waals surface area contributed by atoms with E-state index in [-0.39, 0.29) is 11.7 Å². The Bertz CT molecular complexity index is 769. The van der Waals surface area contributed by atoms with E-state index in [1.54, 1.807) is 0 Å². The summed E-state index contributed by atoms with van der Waals surface area (Å²) in [6, 6.07) is 19.8. The van der Waals surface area contributed by atoms with Gasteiger partial charge in [0.05, 0.1) is 12.3 Å². The molecule has 0 aromatic heterocycles.